The van der Waals surface area contributed by atoms with Crippen LogP contribution in [0.1, 0.15) is 49.5 Å². The van der Waals surface area contributed by atoms with E-state index in [0.29, 0.717) is 17.8 Å². The highest BCUT2D eigenvalue weighted by atomic mass is 16.6. The van der Waals surface area contributed by atoms with Crippen LogP contribution in [0, 0.1) is 6.92 Å². The molecule has 2 aromatic carbocycles. The summed E-state index contributed by atoms with van der Waals surface area (Å²) in [5.74, 6) is -0.406. The van der Waals surface area contributed by atoms with Gasteiger partial charge < -0.3 is 9.47 Å². The molecule has 0 aromatic heterocycles. The van der Waals surface area contributed by atoms with Gasteiger partial charge in [0.15, 0.2) is 0 Å². The van der Waals surface area contributed by atoms with E-state index in [1.165, 1.54) is 7.11 Å². The minimum atomic E-state index is -0.631. The van der Waals surface area contributed by atoms with Crippen molar-refractivity contribution in [2.75, 3.05) is 18.6 Å². The third-order valence-corrected chi connectivity index (χ3v) is 4.93. The van der Waals surface area contributed by atoms with Crippen molar-refractivity contribution in [3.8, 4) is 11.1 Å². The molecule has 0 bridgehead atoms. The fraction of sp³-hybridized carbons (Fsp3) is 0.346. The predicted molar refractivity (Wildman–Crippen MR) is 127 cm³/mol. The van der Waals surface area contributed by atoms with Crippen LogP contribution in [0.2, 0.25) is 0 Å². The van der Waals surface area contributed by atoms with Crippen LogP contribution in [0.25, 0.3) is 11.1 Å². The largest absolute Gasteiger partial charge is 0.465 e. The van der Waals surface area contributed by atoms with E-state index in [-0.39, 0.29) is 0 Å². The Balaban J connectivity index is 2.07. The number of carbonyl (C=O) groups is 2. The van der Waals surface area contributed by atoms with E-state index < -0.39 is 17.7 Å². The Kier molecular flexibility index (Phi) is 7.13. The monoisotopic (exact) mass is 434 g/mol. The van der Waals surface area contributed by atoms with Gasteiger partial charge in [-0.1, -0.05) is 30.3 Å². The Hall–Kier alpha value is -3.41. The molecule has 168 valence electrons. The molecular formula is C26H30N2O4. The number of allylic oxidation sites excluding steroid dienone is 1. The predicted octanol–water partition coefficient (Wildman–Crippen LogP) is 5.94. The van der Waals surface area contributed by atoms with E-state index in [0.717, 1.165) is 35.2 Å². The molecule has 1 amide bonds. The molecule has 6 nitrogen and oxygen atoms in total. The fourth-order valence-corrected chi connectivity index (χ4v) is 3.52. The molecule has 0 radical (unpaired) electrons. The van der Waals surface area contributed by atoms with Crippen LogP contribution >= 0.6 is 0 Å². The maximum atomic E-state index is 13.2. The average molecular weight is 435 g/mol. The van der Waals surface area contributed by atoms with Gasteiger partial charge in [-0.05, 0) is 75.4 Å². The number of rotatable bonds is 5. The van der Waals surface area contributed by atoms with Crippen LogP contribution in [0.4, 0.5) is 10.5 Å². The summed E-state index contributed by atoms with van der Waals surface area (Å²) in [5.41, 5.74) is 3.95. The zero-order chi connectivity index (χ0) is 23.3. The number of aryl methyl sites for hydroxylation is 1. The molecule has 0 spiro atoms. The number of ether oxygens (including phenoxy) is 2. The second-order valence-electron chi connectivity index (χ2n) is 8.78. The van der Waals surface area contributed by atoms with Crippen molar-refractivity contribution >= 4 is 23.5 Å². The van der Waals surface area contributed by atoms with Crippen LogP contribution in [-0.2, 0) is 9.47 Å². The summed E-state index contributed by atoms with van der Waals surface area (Å²) in [4.78, 5) is 31.5. The van der Waals surface area contributed by atoms with Crippen molar-refractivity contribution < 1.29 is 19.1 Å². The quantitative estimate of drug-likeness (QED) is 0.546. The van der Waals surface area contributed by atoms with Crippen molar-refractivity contribution in [3.63, 3.8) is 0 Å². The number of nitrogens with zero attached hydrogens (tertiary/aromatic N) is 2. The van der Waals surface area contributed by atoms with Gasteiger partial charge in [0, 0.05) is 17.6 Å². The summed E-state index contributed by atoms with van der Waals surface area (Å²) < 4.78 is 10.7. The number of hydrogen-bond acceptors (Lipinski definition) is 5. The Labute approximate surface area is 189 Å². The molecule has 0 unspecified atom stereocenters. The first-order valence-electron chi connectivity index (χ1n) is 10.7. The first kappa shape index (κ1) is 23.3. The lowest BCUT2D eigenvalue weighted by Crippen LogP contribution is -2.40. The van der Waals surface area contributed by atoms with Crippen LogP contribution < -0.4 is 4.90 Å². The minimum Gasteiger partial charge on any atom is -0.465 e. The highest BCUT2D eigenvalue weighted by molar-refractivity contribution is 6.00. The molecule has 0 aliphatic carbocycles. The van der Waals surface area contributed by atoms with Crippen molar-refractivity contribution in [3.05, 3.63) is 65.9 Å². The summed E-state index contributed by atoms with van der Waals surface area (Å²) in [6.07, 6.45) is 5.04. The van der Waals surface area contributed by atoms with Gasteiger partial charge in [-0.2, -0.15) is 0 Å². The van der Waals surface area contributed by atoms with Crippen molar-refractivity contribution in [2.24, 2.45) is 4.99 Å². The van der Waals surface area contributed by atoms with Gasteiger partial charge in [0.25, 0.3) is 0 Å². The molecule has 32 heavy (non-hydrogen) atoms. The molecule has 0 N–H and O–H groups in total. The normalized spacial score (nSPS) is 13.3. The van der Waals surface area contributed by atoms with E-state index in [4.69, 9.17) is 9.47 Å². The standard InChI is InChI=1S/C26H30N2O4/c1-18-14-19(22-11-6-7-12-23(22)24(29)31-5)16-21(15-18)28(25(30)32-26(2,3)4)17-20-10-8-9-13-27-20/h6-7,9,11-16H,8,10,17H2,1-5H3. The second-order valence-corrected chi connectivity index (χ2v) is 8.78. The Morgan fingerprint density at radius 1 is 1.12 bits per heavy atom. The van der Waals surface area contributed by atoms with Crippen LogP contribution in [0.5, 0.6) is 0 Å². The van der Waals surface area contributed by atoms with Gasteiger partial charge in [-0.3, -0.25) is 9.89 Å². The second kappa shape index (κ2) is 9.81. The molecule has 0 atom stereocenters. The van der Waals surface area contributed by atoms with Crippen LogP contribution in [0.3, 0.4) is 0 Å². The number of esters is 1. The number of anilines is 1. The zero-order valence-electron chi connectivity index (χ0n) is 19.3. The molecule has 1 aliphatic rings. The molecule has 3 rings (SSSR count). The van der Waals surface area contributed by atoms with Crippen molar-refractivity contribution in [1.82, 2.24) is 0 Å². The van der Waals surface area contributed by atoms with Gasteiger partial charge in [0.1, 0.15) is 5.60 Å². The number of aliphatic imine (C=N–C) groups is 1. The Morgan fingerprint density at radius 2 is 1.88 bits per heavy atom. The first-order chi connectivity index (χ1) is 15.2. The maximum absolute atomic E-state index is 13.2. The number of benzene rings is 2. The van der Waals surface area contributed by atoms with Gasteiger partial charge in [-0.25, -0.2) is 9.59 Å². The van der Waals surface area contributed by atoms with Crippen LogP contribution in [-0.4, -0.2) is 37.0 Å². The molecule has 2 aromatic rings. The van der Waals surface area contributed by atoms with E-state index in [1.807, 2.05) is 64.1 Å². The number of methoxy groups -OCH3 is 1. The highest BCUT2D eigenvalue weighted by Crippen LogP contribution is 2.31. The lowest BCUT2D eigenvalue weighted by atomic mass is 9.97. The summed E-state index contributed by atoms with van der Waals surface area (Å²) in [6.45, 7) is 7.83. The molecule has 0 saturated heterocycles. The smallest absolute Gasteiger partial charge is 0.415 e. The van der Waals surface area contributed by atoms with Crippen molar-refractivity contribution in [1.29, 1.82) is 0 Å². The summed E-state index contributed by atoms with van der Waals surface area (Å²) in [7, 11) is 1.37. The maximum Gasteiger partial charge on any atom is 0.415 e. The third kappa shape index (κ3) is 5.84. The van der Waals surface area contributed by atoms with Gasteiger partial charge >= 0.3 is 12.1 Å². The van der Waals surface area contributed by atoms with Gasteiger partial charge in [0.05, 0.1) is 19.2 Å². The molecule has 0 fully saturated rings. The summed E-state index contributed by atoms with van der Waals surface area (Å²) in [5, 5.41) is 0. The third-order valence-electron chi connectivity index (χ3n) is 4.93. The van der Waals surface area contributed by atoms with Crippen LogP contribution in [0.15, 0.2) is 59.7 Å². The lowest BCUT2D eigenvalue weighted by molar-refractivity contribution is 0.0580. The summed E-state index contributed by atoms with van der Waals surface area (Å²) >= 11 is 0. The van der Waals surface area contributed by atoms with E-state index in [2.05, 4.69) is 4.99 Å². The first-order valence-corrected chi connectivity index (χ1v) is 10.7. The number of carbonyl (C=O) groups excluding carboxylic acids is 2. The minimum absolute atomic E-state index is 0.334. The lowest BCUT2D eigenvalue weighted by Gasteiger charge is -2.29. The Morgan fingerprint density at radius 3 is 2.53 bits per heavy atom. The molecular weight excluding hydrogens is 404 g/mol. The topological polar surface area (TPSA) is 68.2 Å². The SMILES string of the molecule is COC(=O)c1ccccc1-c1cc(C)cc(N(CC2=NC=CCC2)C(=O)OC(C)(C)C)c1. The van der Waals surface area contributed by atoms with Gasteiger partial charge in [-0.15, -0.1) is 0 Å². The van der Waals surface area contributed by atoms with Gasteiger partial charge in [0.2, 0.25) is 0 Å². The molecule has 1 aliphatic heterocycles. The fourth-order valence-electron chi connectivity index (χ4n) is 3.52. The molecule has 6 heteroatoms. The number of amides is 1. The number of hydrogen-bond donors (Lipinski definition) is 0. The summed E-state index contributed by atoms with van der Waals surface area (Å²) in [6, 6.07) is 13.1. The van der Waals surface area contributed by atoms with E-state index >= 15 is 0 Å². The van der Waals surface area contributed by atoms with Crippen molar-refractivity contribution in [2.45, 2.75) is 46.1 Å². The van der Waals surface area contributed by atoms with E-state index in [9.17, 15) is 9.59 Å². The van der Waals surface area contributed by atoms with E-state index in [1.54, 1.807) is 23.2 Å². The zero-order valence-corrected chi connectivity index (χ0v) is 19.3. The average Bonchev–Trinajstić information content (AvgIpc) is 2.76. The highest BCUT2D eigenvalue weighted by Gasteiger charge is 2.26. The molecule has 1 heterocycles. The Bertz CT molecular complexity index is 1060. The molecule has 0 saturated carbocycles.